The van der Waals surface area contributed by atoms with Crippen LogP contribution >= 0.6 is 34.2 Å². The van der Waals surface area contributed by atoms with Gasteiger partial charge in [-0.1, -0.05) is 25.4 Å². The largest absolute Gasteiger partial charge is 0.388 e. The maximum absolute atomic E-state index is 10.4. The molecule has 0 amide bonds. The lowest BCUT2D eigenvalue weighted by molar-refractivity contribution is 0.176. The normalized spacial score (nSPS) is 12.9. The standard InChI is InChI=1S/C16H20ClIN2O/c1-3-13(4-2)20-8-7-12(19-20)10-16(21)14-9-11(17)5-6-15(14)18/h5-9,13,16,21H,3-4,10H2,1-2H3. The second-order valence-corrected chi connectivity index (χ2v) is 6.74. The first-order valence-corrected chi connectivity index (χ1v) is 8.67. The van der Waals surface area contributed by atoms with Crippen molar-refractivity contribution in [1.82, 2.24) is 9.78 Å². The Morgan fingerprint density at radius 3 is 2.67 bits per heavy atom. The summed E-state index contributed by atoms with van der Waals surface area (Å²) in [5, 5.41) is 15.7. The predicted molar refractivity (Wildman–Crippen MR) is 94.7 cm³/mol. The molecular formula is C16H20ClIN2O. The highest BCUT2D eigenvalue weighted by atomic mass is 127. The molecule has 0 bridgehead atoms. The number of hydrogen-bond donors (Lipinski definition) is 1. The van der Waals surface area contributed by atoms with Crippen molar-refractivity contribution in [3.8, 4) is 0 Å². The molecule has 3 nitrogen and oxygen atoms in total. The van der Waals surface area contributed by atoms with E-state index in [1.165, 1.54) is 0 Å². The van der Waals surface area contributed by atoms with E-state index in [4.69, 9.17) is 11.6 Å². The Morgan fingerprint density at radius 1 is 1.29 bits per heavy atom. The molecule has 0 radical (unpaired) electrons. The topological polar surface area (TPSA) is 38.0 Å². The molecule has 0 spiro atoms. The molecule has 0 saturated carbocycles. The van der Waals surface area contributed by atoms with Crippen LogP contribution < -0.4 is 0 Å². The number of rotatable bonds is 6. The van der Waals surface area contributed by atoms with Crippen LogP contribution in [0.25, 0.3) is 0 Å². The first kappa shape index (κ1) is 16.8. The summed E-state index contributed by atoms with van der Waals surface area (Å²) in [5.41, 5.74) is 1.77. The zero-order valence-electron chi connectivity index (χ0n) is 12.3. The Morgan fingerprint density at radius 2 is 2.00 bits per heavy atom. The summed E-state index contributed by atoms with van der Waals surface area (Å²) in [6.45, 7) is 4.33. The molecule has 0 fully saturated rings. The van der Waals surface area contributed by atoms with Crippen molar-refractivity contribution in [2.75, 3.05) is 0 Å². The van der Waals surface area contributed by atoms with Crippen LogP contribution in [0.3, 0.4) is 0 Å². The van der Waals surface area contributed by atoms with Gasteiger partial charge in [-0.25, -0.2) is 0 Å². The van der Waals surface area contributed by atoms with Crippen LogP contribution in [0.4, 0.5) is 0 Å². The Hall–Kier alpha value is -0.590. The van der Waals surface area contributed by atoms with Crippen LogP contribution in [0.5, 0.6) is 0 Å². The minimum Gasteiger partial charge on any atom is -0.388 e. The molecule has 1 aromatic heterocycles. The van der Waals surface area contributed by atoms with Gasteiger partial charge in [-0.15, -0.1) is 0 Å². The van der Waals surface area contributed by atoms with Gasteiger partial charge in [0.2, 0.25) is 0 Å². The summed E-state index contributed by atoms with van der Waals surface area (Å²) in [5.74, 6) is 0. The molecule has 0 saturated heterocycles. The second kappa shape index (κ2) is 7.61. The molecule has 1 heterocycles. The third-order valence-corrected chi connectivity index (χ3v) is 4.92. The fourth-order valence-corrected chi connectivity index (χ4v) is 3.31. The van der Waals surface area contributed by atoms with E-state index >= 15 is 0 Å². The summed E-state index contributed by atoms with van der Waals surface area (Å²) >= 11 is 8.23. The SMILES string of the molecule is CCC(CC)n1ccc(CC(O)c2cc(Cl)ccc2I)n1. The maximum atomic E-state index is 10.4. The molecule has 1 atom stereocenters. The van der Waals surface area contributed by atoms with Crippen molar-refractivity contribution < 1.29 is 5.11 Å². The zero-order valence-corrected chi connectivity index (χ0v) is 15.2. The van der Waals surface area contributed by atoms with Crippen LogP contribution in [0.15, 0.2) is 30.5 Å². The van der Waals surface area contributed by atoms with Crippen molar-refractivity contribution in [2.45, 2.75) is 45.3 Å². The van der Waals surface area contributed by atoms with Gasteiger partial charge in [-0.3, -0.25) is 4.68 Å². The number of aromatic nitrogens is 2. The summed E-state index contributed by atoms with van der Waals surface area (Å²) in [6, 6.07) is 8.00. The Bertz CT molecular complexity index is 596. The lowest BCUT2D eigenvalue weighted by Gasteiger charge is -2.14. The van der Waals surface area contributed by atoms with Gasteiger partial charge in [-0.05, 0) is 65.3 Å². The van der Waals surface area contributed by atoms with Crippen LogP contribution in [-0.2, 0) is 6.42 Å². The van der Waals surface area contributed by atoms with Gasteiger partial charge in [0, 0.05) is 21.2 Å². The lowest BCUT2D eigenvalue weighted by Crippen LogP contribution is -2.09. The summed E-state index contributed by atoms with van der Waals surface area (Å²) < 4.78 is 3.02. The minimum atomic E-state index is -0.583. The Kier molecular flexibility index (Phi) is 6.08. The molecule has 2 aromatic rings. The predicted octanol–water partition coefficient (Wildman–Crippen LogP) is 4.78. The quantitative estimate of drug-likeness (QED) is 0.686. The highest BCUT2D eigenvalue weighted by molar-refractivity contribution is 14.1. The molecule has 5 heteroatoms. The number of halogens is 2. The van der Waals surface area contributed by atoms with Crippen molar-refractivity contribution in [3.05, 3.63) is 50.3 Å². The van der Waals surface area contributed by atoms with E-state index < -0.39 is 6.10 Å². The highest BCUT2D eigenvalue weighted by Gasteiger charge is 2.15. The molecule has 114 valence electrons. The number of nitrogens with zero attached hydrogens (tertiary/aromatic N) is 2. The number of aliphatic hydroxyl groups is 1. The van der Waals surface area contributed by atoms with E-state index in [1.807, 2.05) is 35.1 Å². The monoisotopic (exact) mass is 418 g/mol. The molecule has 0 aliphatic rings. The fraction of sp³-hybridized carbons (Fsp3) is 0.438. The number of benzene rings is 1. The Labute approximate surface area is 144 Å². The van der Waals surface area contributed by atoms with Gasteiger partial charge < -0.3 is 5.11 Å². The fourth-order valence-electron chi connectivity index (χ4n) is 2.43. The molecular weight excluding hydrogens is 399 g/mol. The van der Waals surface area contributed by atoms with E-state index in [0.717, 1.165) is 27.7 Å². The van der Waals surface area contributed by atoms with Gasteiger partial charge in [0.15, 0.2) is 0 Å². The van der Waals surface area contributed by atoms with Crippen LogP contribution in [0.2, 0.25) is 5.02 Å². The van der Waals surface area contributed by atoms with Gasteiger partial charge in [0.25, 0.3) is 0 Å². The average molecular weight is 419 g/mol. The molecule has 0 aliphatic heterocycles. The molecule has 1 unspecified atom stereocenters. The molecule has 0 aliphatic carbocycles. The first-order valence-electron chi connectivity index (χ1n) is 7.22. The van der Waals surface area contributed by atoms with Gasteiger partial charge >= 0.3 is 0 Å². The zero-order chi connectivity index (χ0) is 15.4. The van der Waals surface area contributed by atoms with Crippen molar-refractivity contribution in [2.24, 2.45) is 0 Å². The third-order valence-electron chi connectivity index (χ3n) is 3.70. The first-order chi connectivity index (χ1) is 10.0. The van der Waals surface area contributed by atoms with Gasteiger partial charge in [-0.2, -0.15) is 5.10 Å². The lowest BCUT2D eigenvalue weighted by atomic mass is 10.1. The van der Waals surface area contributed by atoms with E-state index in [1.54, 1.807) is 0 Å². The maximum Gasteiger partial charge on any atom is 0.0856 e. The van der Waals surface area contributed by atoms with E-state index in [2.05, 4.69) is 41.5 Å². The molecule has 2 rings (SSSR count). The molecule has 1 aromatic carbocycles. The molecule has 21 heavy (non-hydrogen) atoms. The van der Waals surface area contributed by atoms with E-state index in [0.29, 0.717) is 17.5 Å². The summed E-state index contributed by atoms with van der Waals surface area (Å²) in [4.78, 5) is 0. The van der Waals surface area contributed by atoms with Crippen LogP contribution in [0, 0.1) is 3.57 Å². The van der Waals surface area contributed by atoms with Crippen LogP contribution in [-0.4, -0.2) is 14.9 Å². The van der Waals surface area contributed by atoms with E-state index in [-0.39, 0.29) is 0 Å². The van der Waals surface area contributed by atoms with Crippen molar-refractivity contribution in [1.29, 1.82) is 0 Å². The van der Waals surface area contributed by atoms with Crippen molar-refractivity contribution >= 4 is 34.2 Å². The average Bonchev–Trinajstić information content (AvgIpc) is 2.91. The second-order valence-electron chi connectivity index (χ2n) is 5.14. The molecule has 1 N–H and O–H groups in total. The Balaban J connectivity index is 2.12. The van der Waals surface area contributed by atoms with Gasteiger partial charge in [0.05, 0.1) is 17.8 Å². The third kappa shape index (κ3) is 4.20. The summed E-state index contributed by atoms with van der Waals surface area (Å²) in [7, 11) is 0. The number of hydrogen-bond acceptors (Lipinski definition) is 2. The number of aliphatic hydroxyl groups excluding tert-OH is 1. The van der Waals surface area contributed by atoms with E-state index in [9.17, 15) is 5.11 Å². The summed E-state index contributed by atoms with van der Waals surface area (Å²) in [6.07, 6.45) is 4.05. The van der Waals surface area contributed by atoms with Gasteiger partial charge in [0.1, 0.15) is 0 Å². The van der Waals surface area contributed by atoms with Crippen LogP contribution in [0.1, 0.15) is 50.1 Å². The van der Waals surface area contributed by atoms with Crippen molar-refractivity contribution in [3.63, 3.8) is 0 Å². The highest BCUT2D eigenvalue weighted by Crippen LogP contribution is 2.26. The minimum absolute atomic E-state index is 0.433. The smallest absolute Gasteiger partial charge is 0.0856 e.